The van der Waals surface area contributed by atoms with Crippen molar-refractivity contribution < 1.29 is 4.74 Å². The van der Waals surface area contributed by atoms with Crippen molar-refractivity contribution in [1.29, 1.82) is 0 Å². The standard InChI is InChI=1S/C12H22N6O/c1-8-6-18(7-9(8)17(3)4)11-14-10(13-2)15-12(16-11)19-5/h8-9H,6-7H2,1-5H3,(H,13,14,15,16). The molecule has 0 amide bonds. The minimum Gasteiger partial charge on any atom is -0.467 e. The Labute approximate surface area is 114 Å². The van der Waals surface area contributed by atoms with Gasteiger partial charge in [0.25, 0.3) is 0 Å². The van der Waals surface area contributed by atoms with Crippen LogP contribution in [0.4, 0.5) is 11.9 Å². The molecule has 1 aromatic rings. The van der Waals surface area contributed by atoms with E-state index in [2.05, 4.69) is 51.1 Å². The van der Waals surface area contributed by atoms with E-state index in [4.69, 9.17) is 4.74 Å². The minimum absolute atomic E-state index is 0.343. The molecular weight excluding hydrogens is 244 g/mol. The van der Waals surface area contributed by atoms with Gasteiger partial charge in [-0.1, -0.05) is 6.92 Å². The number of hydrogen-bond acceptors (Lipinski definition) is 7. The molecule has 19 heavy (non-hydrogen) atoms. The van der Waals surface area contributed by atoms with Crippen LogP contribution in [0.1, 0.15) is 6.92 Å². The average molecular weight is 266 g/mol. The molecule has 0 bridgehead atoms. The highest BCUT2D eigenvalue weighted by atomic mass is 16.5. The molecule has 2 unspecified atom stereocenters. The van der Waals surface area contributed by atoms with Crippen LogP contribution < -0.4 is 15.0 Å². The zero-order chi connectivity index (χ0) is 14.0. The van der Waals surface area contributed by atoms with Crippen LogP contribution in [0.2, 0.25) is 0 Å². The van der Waals surface area contributed by atoms with Gasteiger partial charge in [-0.2, -0.15) is 15.0 Å². The van der Waals surface area contributed by atoms with Crippen molar-refractivity contribution in [1.82, 2.24) is 19.9 Å². The van der Waals surface area contributed by atoms with Gasteiger partial charge in [-0.05, 0) is 20.0 Å². The molecule has 1 N–H and O–H groups in total. The van der Waals surface area contributed by atoms with E-state index in [0.29, 0.717) is 29.9 Å². The SMILES string of the molecule is CNc1nc(OC)nc(N2CC(C)C(N(C)C)C2)n1. The fraction of sp³-hybridized carbons (Fsp3) is 0.750. The quantitative estimate of drug-likeness (QED) is 0.841. The van der Waals surface area contributed by atoms with Crippen LogP contribution >= 0.6 is 0 Å². The molecule has 2 heterocycles. The third-order valence-corrected chi connectivity index (χ3v) is 3.53. The van der Waals surface area contributed by atoms with E-state index in [1.165, 1.54) is 0 Å². The molecule has 1 aromatic heterocycles. The van der Waals surface area contributed by atoms with Crippen LogP contribution in [0, 0.1) is 5.92 Å². The summed E-state index contributed by atoms with van der Waals surface area (Å²) in [5.41, 5.74) is 0. The predicted molar refractivity (Wildman–Crippen MR) is 74.8 cm³/mol. The number of nitrogens with one attached hydrogen (secondary N) is 1. The van der Waals surface area contributed by atoms with Crippen LogP contribution in [0.5, 0.6) is 6.01 Å². The lowest BCUT2D eigenvalue weighted by atomic mass is 10.1. The molecule has 7 heteroatoms. The summed E-state index contributed by atoms with van der Waals surface area (Å²) < 4.78 is 5.12. The van der Waals surface area contributed by atoms with Gasteiger partial charge in [0.2, 0.25) is 11.9 Å². The van der Waals surface area contributed by atoms with Crippen molar-refractivity contribution in [3.05, 3.63) is 0 Å². The van der Waals surface area contributed by atoms with Gasteiger partial charge in [-0.25, -0.2) is 0 Å². The van der Waals surface area contributed by atoms with Crippen molar-refractivity contribution in [3.8, 4) is 6.01 Å². The number of anilines is 2. The third-order valence-electron chi connectivity index (χ3n) is 3.53. The molecule has 0 aliphatic carbocycles. The average Bonchev–Trinajstić information content (AvgIpc) is 2.80. The number of hydrogen-bond donors (Lipinski definition) is 1. The van der Waals surface area contributed by atoms with Gasteiger partial charge in [0.1, 0.15) is 0 Å². The largest absolute Gasteiger partial charge is 0.467 e. The van der Waals surface area contributed by atoms with E-state index >= 15 is 0 Å². The second-order valence-electron chi connectivity index (χ2n) is 5.11. The molecular formula is C12H22N6O. The van der Waals surface area contributed by atoms with Gasteiger partial charge in [0.05, 0.1) is 7.11 Å². The first kappa shape index (κ1) is 13.8. The zero-order valence-corrected chi connectivity index (χ0v) is 12.2. The number of aromatic nitrogens is 3. The molecule has 1 aliphatic heterocycles. The molecule has 7 nitrogen and oxygen atoms in total. The number of rotatable bonds is 4. The molecule has 1 fully saturated rings. The molecule has 2 atom stereocenters. The normalized spacial score (nSPS) is 22.9. The molecule has 0 spiro atoms. The highest BCUT2D eigenvalue weighted by Crippen LogP contribution is 2.25. The third kappa shape index (κ3) is 2.86. The predicted octanol–water partition coefficient (Wildman–Crippen LogP) is 0.308. The summed E-state index contributed by atoms with van der Waals surface area (Å²) >= 11 is 0. The Balaban J connectivity index is 2.23. The van der Waals surface area contributed by atoms with E-state index < -0.39 is 0 Å². The summed E-state index contributed by atoms with van der Waals surface area (Å²) in [6, 6.07) is 0.858. The van der Waals surface area contributed by atoms with Crippen LogP contribution in [0.15, 0.2) is 0 Å². The molecule has 0 saturated carbocycles. The van der Waals surface area contributed by atoms with Crippen LogP contribution in [0.3, 0.4) is 0 Å². The van der Waals surface area contributed by atoms with Gasteiger partial charge in [-0.3, -0.25) is 0 Å². The van der Waals surface area contributed by atoms with Gasteiger partial charge < -0.3 is 19.9 Å². The monoisotopic (exact) mass is 266 g/mol. The Hall–Kier alpha value is -1.63. The van der Waals surface area contributed by atoms with Gasteiger partial charge in [0, 0.05) is 26.2 Å². The lowest BCUT2D eigenvalue weighted by Crippen LogP contribution is -2.34. The van der Waals surface area contributed by atoms with E-state index in [9.17, 15) is 0 Å². The molecule has 106 valence electrons. The van der Waals surface area contributed by atoms with E-state index in [1.54, 1.807) is 14.2 Å². The van der Waals surface area contributed by atoms with Gasteiger partial charge in [0.15, 0.2) is 0 Å². The number of ether oxygens (including phenoxy) is 1. The highest BCUT2D eigenvalue weighted by molar-refractivity contribution is 5.39. The summed E-state index contributed by atoms with van der Waals surface area (Å²) in [4.78, 5) is 17.3. The van der Waals surface area contributed by atoms with Crippen LogP contribution in [-0.4, -0.2) is 67.2 Å². The van der Waals surface area contributed by atoms with E-state index in [0.717, 1.165) is 13.1 Å². The Morgan fingerprint density at radius 1 is 1.26 bits per heavy atom. The van der Waals surface area contributed by atoms with E-state index in [-0.39, 0.29) is 0 Å². The summed E-state index contributed by atoms with van der Waals surface area (Å²) in [5.74, 6) is 1.78. The zero-order valence-electron chi connectivity index (χ0n) is 12.2. The van der Waals surface area contributed by atoms with Crippen molar-refractivity contribution in [2.75, 3.05) is 51.6 Å². The smallest absolute Gasteiger partial charge is 0.322 e. The molecule has 0 aromatic carbocycles. The molecule has 1 saturated heterocycles. The maximum absolute atomic E-state index is 5.12. The maximum Gasteiger partial charge on any atom is 0.322 e. The van der Waals surface area contributed by atoms with E-state index in [1.807, 2.05) is 0 Å². The fourth-order valence-electron chi connectivity index (χ4n) is 2.48. The van der Waals surface area contributed by atoms with Crippen molar-refractivity contribution in [2.24, 2.45) is 5.92 Å². The Bertz CT molecular complexity index is 416. The summed E-state index contributed by atoms with van der Waals surface area (Å²) in [6.07, 6.45) is 0. The summed E-state index contributed by atoms with van der Waals surface area (Å²) in [7, 11) is 7.57. The van der Waals surface area contributed by atoms with Crippen molar-refractivity contribution in [3.63, 3.8) is 0 Å². The second-order valence-corrected chi connectivity index (χ2v) is 5.11. The topological polar surface area (TPSA) is 66.4 Å². The minimum atomic E-state index is 0.343. The van der Waals surface area contributed by atoms with Gasteiger partial charge >= 0.3 is 6.01 Å². The number of nitrogens with zero attached hydrogens (tertiary/aromatic N) is 5. The molecule has 2 rings (SSSR count). The first-order valence-electron chi connectivity index (χ1n) is 6.44. The highest BCUT2D eigenvalue weighted by Gasteiger charge is 2.32. The van der Waals surface area contributed by atoms with Crippen molar-refractivity contribution >= 4 is 11.9 Å². The maximum atomic E-state index is 5.12. The van der Waals surface area contributed by atoms with Crippen molar-refractivity contribution in [2.45, 2.75) is 13.0 Å². The Morgan fingerprint density at radius 3 is 2.53 bits per heavy atom. The van der Waals surface area contributed by atoms with Crippen LogP contribution in [-0.2, 0) is 0 Å². The number of likely N-dealkylation sites (N-methyl/N-ethyl adjacent to an activating group) is 1. The first-order chi connectivity index (χ1) is 9.05. The first-order valence-corrected chi connectivity index (χ1v) is 6.44. The lowest BCUT2D eigenvalue weighted by Gasteiger charge is -2.22. The fourth-order valence-corrected chi connectivity index (χ4v) is 2.48. The van der Waals surface area contributed by atoms with Crippen LogP contribution in [0.25, 0.3) is 0 Å². The number of methoxy groups -OCH3 is 1. The molecule has 1 aliphatic rings. The second kappa shape index (κ2) is 5.56. The molecule has 0 radical (unpaired) electrons. The summed E-state index contributed by atoms with van der Waals surface area (Å²) in [6.45, 7) is 4.12. The van der Waals surface area contributed by atoms with Gasteiger partial charge in [-0.15, -0.1) is 0 Å². The Morgan fingerprint density at radius 2 is 2.00 bits per heavy atom. The Kier molecular flexibility index (Phi) is 4.04. The lowest BCUT2D eigenvalue weighted by molar-refractivity contribution is 0.266. The summed E-state index contributed by atoms with van der Waals surface area (Å²) in [5, 5.41) is 2.93.